The Hall–Kier alpha value is -2.18. The van der Waals surface area contributed by atoms with Gasteiger partial charge in [0.1, 0.15) is 0 Å². The van der Waals surface area contributed by atoms with Crippen LogP contribution in [0.1, 0.15) is 12.0 Å². The summed E-state index contributed by atoms with van der Waals surface area (Å²) in [6.07, 6.45) is 1.71. The molecule has 0 amide bonds. The van der Waals surface area contributed by atoms with Crippen molar-refractivity contribution in [2.75, 3.05) is 25.6 Å². The molecular formula is C11H15N3O4. The van der Waals surface area contributed by atoms with Crippen molar-refractivity contribution in [2.45, 2.75) is 13.3 Å². The molecule has 7 heteroatoms. The highest BCUT2D eigenvalue weighted by Crippen LogP contribution is 2.25. The number of anilines is 1. The lowest BCUT2D eigenvalue weighted by molar-refractivity contribution is -0.384. The van der Waals surface area contributed by atoms with Crippen molar-refractivity contribution < 1.29 is 14.5 Å². The third-order valence-electron chi connectivity index (χ3n) is 2.42. The summed E-state index contributed by atoms with van der Waals surface area (Å²) in [7, 11) is 2.95. The number of methoxy groups -OCH3 is 1. The maximum atomic E-state index is 11.0. The molecule has 98 valence electrons. The first-order valence-electron chi connectivity index (χ1n) is 5.34. The fourth-order valence-corrected chi connectivity index (χ4v) is 1.44. The van der Waals surface area contributed by atoms with Crippen LogP contribution in [0.15, 0.2) is 12.3 Å². The van der Waals surface area contributed by atoms with E-state index in [9.17, 15) is 14.9 Å². The van der Waals surface area contributed by atoms with Crippen LogP contribution in [0.2, 0.25) is 0 Å². The molecule has 1 aromatic rings. The monoisotopic (exact) mass is 253 g/mol. The van der Waals surface area contributed by atoms with Gasteiger partial charge in [0.15, 0.2) is 0 Å². The van der Waals surface area contributed by atoms with Crippen molar-refractivity contribution in [1.29, 1.82) is 0 Å². The van der Waals surface area contributed by atoms with Gasteiger partial charge in [-0.15, -0.1) is 0 Å². The molecular weight excluding hydrogens is 238 g/mol. The number of aryl methyl sites for hydroxylation is 1. The van der Waals surface area contributed by atoms with Crippen molar-refractivity contribution in [1.82, 2.24) is 4.98 Å². The van der Waals surface area contributed by atoms with E-state index in [1.807, 2.05) is 0 Å². The number of rotatable bonds is 5. The summed E-state index contributed by atoms with van der Waals surface area (Å²) in [6, 6.07) is 1.46. The Morgan fingerprint density at radius 1 is 1.61 bits per heavy atom. The largest absolute Gasteiger partial charge is 0.469 e. The van der Waals surface area contributed by atoms with Gasteiger partial charge in [-0.1, -0.05) is 0 Å². The summed E-state index contributed by atoms with van der Waals surface area (Å²) in [5, 5.41) is 10.9. The number of esters is 1. The van der Waals surface area contributed by atoms with E-state index in [0.717, 1.165) is 0 Å². The van der Waals surface area contributed by atoms with Crippen molar-refractivity contribution in [3.05, 3.63) is 27.9 Å². The number of pyridine rings is 1. The van der Waals surface area contributed by atoms with E-state index in [2.05, 4.69) is 9.72 Å². The van der Waals surface area contributed by atoms with Gasteiger partial charge in [-0.05, 0) is 12.5 Å². The van der Waals surface area contributed by atoms with Crippen molar-refractivity contribution >= 4 is 17.5 Å². The van der Waals surface area contributed by atoms with Crippen LogP contribution in [-0.2, 0) is 9.53 Å². The molecule has 0 atom stereocenters. The van der Waals surface area contributed by atoms with Crippen LogP contribution in [0.5, 0.6) is 0 Å². The summed E-state index contributed by atoms with van der Waals surface area (Å²) in [4.78, 5) is 27.1. The zero-order valence-corrected chi connectivity index (χ0v) is 10.5. The van der Waals surface area contributed by atoms with Gasteiger partial charge in [-0.3, -0.25) is 14.9 Å². The number of nitro groups is 1. The van der Waals surface area contributed by atoms with Crippen LogP contribution < -0.4 is 4.90 Å². The molecule has 0 fully saturated rings. The summed E-state index contributed by atoms with van der Waals surface area (Å²) in [5.74, 6) is -0.119. The smallest absolute Gasteiger partial charge is 0.311 e. The standard InChI is InChI=1S/C11H15N3O4/c1-8-6-9(14(16)17)11(12-7-8)13(2)5-4-10(15)18-3/h6-7H,4-5H2,1-3H3. The number of carbonyl (C=O) groups excluding carboxylic acids is 1. The molecule has 0 unspecified atom stereocenters. The molecule has 0 aliphatic heterocycles. The Balaban J connectivity index is 2.88. The molecule has 1 aromatic heterocycles. The SMILES string of the molecule is COC(=O)CCN(C)c1ncc(C)cc1[N+](=O)[O-]. The number of nitrogens with zero attached hydrogens (tertiary/aromatic N) is 3. The number of hydrogen-bond donors (Lipinski definition) is 0. The van der Waals surface area contributed by atoms with E-state index in [1.165, 1.54) is 13.2 Å². The highest BCUT2D eigenvalue weighted by molar-refractivity contribution is 5.70. The zero-order valence-electron chi connectivity index (χ0n) is 10.5. The maximum absolute atomic E-state index is 11.0. The maximum Gasteiger partial charge on any atom is 0.311 e. The third kappa shape index (κ3) is 3.41. The first-order valence-corrected chi connectivity index (χ1v) is 5.34. The highest BCUT2D eigenvalue weighted by Gasteiger charge is 2.19. The molecule has 18 heavy (non-hydrogen) atoms. The van der Waals surface area contributed by atoms with Gasteiger partial charge in [0.05, 0.1) is 18.5 Å². The van der Waals surface area contributed by atoms with E-state index in [0.29, 0.717) is 12.1 Å². The van der Waals surface area contributed by atoms with E-state index in [1.54, 1.807) is 25.1 Å². The van der Waals surface area contributed by atoms with Crippen LogP contribution >= 0.6 is 0 Å². The molecule has 7 nitrogen and oxygen atoms in total. The average Bonchev–Trinajstić information content (AvgIpc) is 2.35. The molecule has 0 bridgehead atoms. The number of hydrogen-bond acceptors (Lipinski definition) is 6. The minimum Gasteiger partial charge on any atom is -0.469 e. The zero-order chi connectivity index (χ0) is 13.7. The number of carbonyl (C=O) groups is 1. The van der Waals surface area contributed by atoms with E-state index in [4.69, 9.17) is 0 Å². The Morgan fingerprint density at radius 2 is 2.28 bits per heavy atom. The fraction of sp³-hybridized carbons (Fsp3) is 0.455. The lowest BCUT2D eigenvalue weighted by Gasteiger charge is -2.17. The number of ether oxygens (including phenoxy) is 1. The Labute approximate surface area is 105 Å². The van der Waals surface area contributed by atoms with Gasteiger partial charge in [0, 0.05) is 25.9 Å². The molecule has 0 N–H and O–H groups in total. The first-order chi connectivity index (χ1) is 8.45. The minimum absolute atomic E-state index is 0.0673. The summed E-state index contributed by atoms with van der Waals surface area (Å²) >= 11 is 0. The second-order valence-electron chi connectivity index (χ2n) is 3.86. The minimum atomic E-state index is -0.482. The van der Waals surface area contributed by atoms with Gasteiger partial charge in [0.2, 0.25) is 5.82 Å². The molecule has 1 heterocycles. The van der Waals surface area contributed by atoms with Crippen molar-refractivity contribution in [3.8, 4) is 0 Å². The van der Waals surface area contributed by atoms with Crippen molar-refractivity contribution in [3.63, 3.8) is 0 Å². The van der Waals surface area contributed by atoms with Gasteiger partial charge in [-0.25, -0.2) is 4.98 Å². The van der Waals surface area contributed by atoms with Crippen LogP contribution in [0.25, 0.3) is 0 Å². The normalized spacial score (nSPS) is 9.94. The van der Waals surface area contributed by atoms with Crippen LogP contribution in [-0.4, -0.2) is 36.6 Å². The summed E-state index contributed by atoms with van der Waals surface area (Å²) < 4.78 is 4.51. The summed E-state index contributed by atoms with van der Waals surface area (Å²) in [6.45, 7) is 2.04. The molecule has 1 rings (SSSR count). The molecule has 0 radical (unpaired) electrons. The third-order valence-corrected chi connectivity index (χ3v) is 2.42. The molecule has 0 spiro atoms. The fourth-order valence-electron chi connectivity index (χ4n) is 1.44. The second kappa shape index (κ2) is 5.95. The van der Waals surface area contributed by atoms with Crippen LogP contribution in [0.3, 0.4) is 0 Å². The van der Waals surface area contributed by atoms with Crippen LogP contribution in [0.4, 0.5) is 11.5 Å². The topological polar surface area (TPSA) is 85.6 Å². The lowest BCUT2D eigenvalue weighted by Crippen LogP contribution is -2.23. The van der Waals surface area contributed by atoms with E-state index < -0.39 is 4.92 Å². The predicted octanol–water partition coefficient (Wildman–Crippen LogP) is 1.30. The molecule has 0 saturated carbocycles. The van der Waals surface area contributed by atoms with Crippen LogP contribution in [0, 0.1) is 17.0 Å². The second-order valence-corrected chi connectivity index (χ2v) is 3.86. The Kier molecular flexibility index (Phi) is 4.59. The van der Waals surface area contributed by atoms with Gasteiger partial charge in [0.25, 0.3) is 0 Å². The predicted molar refractivity (Wildman–Crippen MR) is 65.5 cm³/mol. The lowest BCUT2D eigenvalue weighted by atomic mass is 10.2. The molecule has 0 saturated heterocycles. The highest BCUT2D eigenvalue weighted by atomic mass is 16.6. The first kappa shape index (κ1) is 13.9. The average molecular weight is 253 g/mol. The molecule has 0 aromatic carbocycles. The molecule has 0 aliphatic rings. The summed E-state index contributed by atoms with van der Waals surface area (Å²) in [5.41, 5.74) is 0.647. The quantitative estimate of drug-likeness (QED) is 0.446. The van der Waals surface area contributed by atoms with E-state index in [-0.39, 0.29) is 23.9 Å². The van der Waals surface area contributed by atoms with Gasteiger partial charge < -0.3 is 9.64 Å². The number of aromatic nitrogens is 1. The van der Waals surface area contributed by atoms with Gasteiger partial charge in [-0.2, -0.15) is 0 Å². The van der Waals surface area contributed by atoms with E-state index >= 15 is 0 Å². The Morgan fingerprint density at radius 3 is 2.83 bits per heavy atom. The van der Waals surface area contributed by atoms with Crippen molar-refractivity contribution in [2.24, 2.45) is 0 Å². The Bertz CT molecular complexity index is 462. The molecule has 0 aliphatic carbocycles. The van der Waals surface area contributed by atoms with Gasteiger partial charge >= 0.3 is 11.7 Å².